The molecule has 2 aliphatic heterocycles. The van der Waals surface area contributed by atoms with E-state index in [0.717, 1.165) is 18.8 Å². The molecule has 0 aliphatic carbocycles. The maximum Gasteiger partial charge on any atom is 0.128 e. The predicted molar refractivity (Wildman–Crippen MR) is 81.5 cm³/mol. The molecule has 3 rings (SSSR count). The number of likely N-dealkylation sites (tertiary alicyclic amines) is 1. The molecule has 0 bridgehead atoms. The first-order chi connectivity index (χ1) is 9.56. The average Bonchev–Trinajstić information content (AvgIpc) is 2.43. The molecule has 0 aromatic heterocycles. The van der Waals surface area contributed by atoms with E-state index in [1.807, 2.05) is 6.07 Å². The van der Waals surface area contributed by atoms with Crippen molar-refractivity contribution in [1.82, 2.24) is 4.90 Å². The Balaban J connectivity index is 1.81. The lowest BCUT2D eigenvalue weighted by Crippen LogP contribution is -2.52. The van der Waals surface area contributed by atoms with Gasteiger partial charge in [-0.25, -0.2) is 4.39 Å². The highest BCUT2D eigenvalue weighted by molar-refractivity contribution is 5.69. The van der Waals surface area contributed by atoms with E-state index in [1.54, 1.807) is 6.92 Å². The third-order valence-electron chi connectivity index (χ3n) is 4.99. The van der Waals surface area contributed by atoms with Gasteiger partial charge in [-0.3, -0.25) is 0 Å². The van der Waals surface area contributed by atoms with Crippen molar-refractivity contribution in [3.8, 4) is 0 Å². The van der Waals surface area contributed by atoms with Gasteiger partial charge in [-0.15, -0.1) is 0 Å². The van der Waals surface area contributed by atoms with E-state index >= 15 is 0 Å². The molecular formula is C16H24FN3. The maximum absolute atomic E-state index is 13.5. The Kier molecular flexibility index (Phi) is 3.59. The van der Waals surface area contributed by atoms with Crippen LogP contribution in [0.15, 0.2) is 12.1 Å². The van der Waals surface area contributed by atoms with Crippen LogP contribution >= 0.6 is 0 Å². The third kappa shape index (κ3) is 2.37. The molecule has 2 fully saturated rings. The zero-order chi connectivity index (χ0) is 14.3. The average molecular weight is 277 g/mol. The first-order valence-electron chi connectivity index (χ1n) is 7.57. The number of hydrogen-bond donors (Lipinski definition) is 1. The molecule has 3 nitrogen and oxygen atoms in total. The first kappa shape index (κ1) is 13.7. The molecule has 110 valence electrons. The summed E-state index contributed by atoms with van der Waals surface area (Å²) >= 11 is 0. The van der Waals surface area contributed by atoms with Crippen LogP contribution in [0.5, 0.6) is 0 Å². The highest BCUT2D eigenvalue weighted by Gasteiger charge is 2.34. The van der Waals surface area contributed by atoms with E-state index in [0.29, 0.717) is 23.2 Å². The van der Waals surface area contributed by atoms with Crippen LogP contribution in [-0.2, 0) is 0 Å². The van der Waals surface area contributed by atoms with E-state index in [1.165, 1.54) is 31.9 Å². The molecule has 2 unspecified atom stereocenters. The number of anilines is 2. The van der Waals surface area contributed by atoms with Gasteiger partial charge in [0.2, 0.25) is 0 Å². The summed E-state index contributed by atoms with van der Waals surface area (Å²) in [7, 11) is 2.24. The Bertz CT molecular complexity index is 503. The highest BCUT2D eigenvalue weighted by atomic mass is 19.1. The summed E-state index contributed by atoms with van der Waals surface area (Å²) in [5, 5.41) is 0. The Morgan fingerprint density at radius 1 is 1.25 bits per heavy atom. The molecule has 1 aromatic rings. The van der Waals surface area contributed by atoms with Gasteiger partial charge < -0.3 is 15.5 Å². The summed E-state index contributed by atoms with van der Waals surface area (Å²) in [5.74, 6) is 0.505. The number of hydrogen-bond acceptors (Lipinski definition) is 3. The van der Waals surface area contributed by atoms with Crippen LogP contribution in [0.1, 0.15) is 24.8 Å². The molecule has 4 heteroatoms. The van der Waals surface area contributed by atoms with Gasteiger partial charge in [0.15, 0.2) is 0 Å². The number of nitrogen functional groups attached to an aromatic ring is 1. The number of halogens is 1. The molecule has 1 aromatic carbocycles. The topological polar surface area (TPSA) is 32.5 Å². The summed E-state index contributed by atoms with van der Waals surface area (Å²) in [6, 6.07) is 4.07. The quantitative estimate of drug-likeness (QED) is 0.801. The van der Waals surface area contributed by atoms with E-state index < -0.39 is 0 Å². The number of nitrogens with two attached hydrogens (primary N) is 1. The van der Waals surface area contributed by atoms with Crippen LogP contribution in [0.4, 0.5) is 15.8 Å². The smallest absolute Gasteiger partial charge is 0.128 e. The third-order valence-corrected chi connectivity index (χ3v) is 4.99. The van der Waals surface area contributed by atoms with Gasteiger partial charge in [0, 0.05) is 19.1 Å². The van der Waals surface area contributed by atoms with Crippen molar-refractivity contribution in [2.75, 3.05) is 37.3 Å². The van der Waals surface area contributed by atoms with Gasteiger partial charge in [-0.1, -0.05) is 0 Å². The summed E-state index contributed by atoms with van der Waals surface area (Å²) < 4.78 is 13.5. The second-order valence-corrected chi connectivity index (χ2v) is 6.35. The van der Waals surface area contributed by atoms with Gasteiger partial charge in [0.05, 0.1) is 11.4 Å². The number of fused-ring (bicyclic) bond motifs is 1. The Labute approximate surface area is 120 Å². The van der Waals surface area contributed by atoms with Gasteiger partial charge in [0.1, 0.15) is 5.82 Å². The fourth-order valence-corrected chi connectivity index (χ4v) is 3.83. The lowest BCUT2D eigenvalue weighted by molar-refractivity contribution is 0.102. The van der Waals surface area contributed by atoms with E-state index in [-0.39, 0.29) is 5.82 Å². The normalized spacial score (nSPS) is 27.4. The monoisotopic (exact) mass is 277 g/mol. The van der Waals surface area contributed by atoms with E-state index in [9.17, 15) is 4.39 Å². The fourth-order valence-electron chi connectivity index (χ4n) is 3.83. The Morgan fingerprint density at radius 3 is 2.85 bits per heavy atom. The molecule has 20 heavy (non-hydrogen) atoms. The number of rotatable bonds is 1. The summed E-state index contributed by atoms with van der Waals surface area (Å²) in [6.07, 6.45) is 3.76. The minimum Gasteiger partial charge on any atom is -0.397 e. The lowest BCUT2D eigenvalue weighted by Gasteiger charge is -2.46. The number of nitrogens with zero attached hydrogens (tertiary/aromatic N) is 2. The SMILES string of the molecule is Cc1cc(N2CCC3C(CCCN3C)C2)c(N)cc1F. The molecule has 2 saturated heterocycles. The second kappa shape index (κ2) is 5.24. The zero-order valence-electron chi connectivity index (χ0n) is 12.4. The molecule has 0 amide bonds. The predicted octanol–water partition coefficient (Wildman–Crippen LogP) is 2.64. The van der Waals surface area contributed by atoms with Crippen LogP contribution < -0.4 is 10.6 Å². The van der Waals surface area contributed by atoms with Crippen LogP contribution in [0.3, 0.4) is 0 Å². The van der Waals surface area contributed by atoms with Gasteiger partial charge in [-0.05, 0) is 63.4 Å². The first-order valence-corrected chi connectivity index (χ1v) is 7.57. The molecule has 0 spiro atoms. The number of benzene rings is 1. The van der Waals surface area contributed by atoms with Crippen LogP contribution in [0, 0.1) is 18.7 Å². The van der Waals surface area contributed by atoms with Crippen molar-refractivity contribution >= 4 is 11.4 Å². The standard InChI is InChI=1S/C16H24FN3/c1-11-8-16(14(18)9-13(11)17)20-7-5-15-12(10-20)4-3-6-19(15)2/h8-9,12,15H,3-7,10,18H2,1-2H3. The molecule has 2 aliphatic rings. The summed E-state index contributed by atoms with van der Waals surface area (Å²) in [4.78, 5) is 4.85. The van der Waals surface area contributed by atoms with Gasteiger partial charge in [0.25, 0.3) is 0 Å². The van der Waals surface area contributed by atoms with E-state index in [4.69, 9.17) is 5.73 Å². The number of aryl methyl sites for hydroxylation is 1. The Hall–Kier alpha value is -1.29. The number of piperidine rings is 2. The lowest BCUT2D eigenvalue weighted by atomic mass is 9.84. The fraction of sp³-hybridized carbons (Fsp3) is 0.625. The summed E-state index contributed by atoms with van der Waals surface area (Å²) in [6.45, 7) is 5.09. The minimum atomic E-state index is -0.210. The van der Waals surface area contributed by atoms with Crippen molar-refractivity contribution < 1.29 is 4.39 Å². The van der Waals surface area contributed by atoms with Crippen molar-refractivity contribution in [3.05, 3.63) is 23.5 Å². The molecule has 2 atom stereocenters. The minimum absolute atomic E-state index is 0.210. The van der Waals surface area contributed by atoms with Crippen LogP contribution in [-0.4, -0.2) is 37.6 Å². The largest absolute Gasteiger partial charge is 0.397 e. The van der Waals surface area contributed by atoms with Crippen molar-refractivity contribution in [2.45, 2.75) is 32.2 Å². The molecule has 2 heterocycles. The molecule has 0 radical (unpaired) electrons. The zero-order valence-corrected chi connectivity index (χ0v) is 12.4. The van der Waals surface area contributed by atoms with Crippen LogP contribution in [0.25, 0.3) is 0 Å². The van der Waals surface area contributed by atoms with Crippen LogP contribution in [0.2, 0.25) is 0 Å². The van der Waals surface area contributed by atoms with Gasteiger partial charge in [-0.2, -0.15) is 0 Å². The maximum atomic E-state index is 13.5. The molecule has 0 saturated carbocycles. The van der Waals surface area contributed by atoms with Crippen molar-refractivity contribution in [2.24, 2.45) is 5.92 Å². The Morgan fingerprint density at radius 2 is 2.05 bits per heavy atom. The second-order valence-electron chi connectivity index (χ2n) is 6.35. The molecule has 2 N–H and O–H groups in total. The summed E-state index contributed by atoms with van der Waals surface area (Å²) in [5.41, 5.74) is 8.28. The highest BCUT2D eigenvalue weighted by Crippen LogP contribution is 2.34. The van der Waals surface area contributed by atoms with E-state index in [2.05, 4.69) is 16.8 Å². The van der Waals surface area contributed by atoms with Gasteiger partial charge >= 0.3 is 0 Å². The van der Waals surface area contributed by atoms with Crippen molar-refractivity contribution in [3.63, 3.8) is 0 Å². The molecular weight excluding hydrogens is 253 g/mol. The van der Waals surface area contributed by atoms with Crippen molar-refractivity contribution in [1.29, 1.82) is 0 Å².